The molecule has 2 rings (SSSR count). The van der Waals surface area contributed by atoms with Gasteiger partial charge in [0.15, 0.2) is 3.95 Å². The van der Waals surface area contributed by atoms with Gasteiger partial charge in [0.05, 0.1) is 10.2 Å². The molecule has 0 radical (unpaired) electrons. The summed E-state index contributed by atoms with van der Waals surface area (Å²) in [6, 6.07) is 6.69. The van der Waals surface area contributed by atoms with E-state index in [2.05, 4.69) is 57.8 Å². The zero-order chi connectivity index (χ0) is 13.6. The van der Waals surface area contributed by atoms with Crippen LogP contribution in [0.1, 0.15) is 46.6 Å². The van der Waals surface area contributed by atoms with Crippen molar-refractivity contribution in [2.45, 2.75) is 46.5 Å². The molecule has 1 nitrogen and oxygen atoms in total. The highest BCUT2D eigenvalue weighted by atomic mass is 32.1. The predicted molar refractivity (Wildman–Crippen MR) is 84.1 cm³/mol. The van der Waals surface area contributed by atoms with Crippen molar-refractivity contribution >= 4 is 33.8 Å². The van der Waals surface area contributed by atoms with Gasteiger partial charge in [-0.2, -0.15) is 0 Å². The van der Waals surface area contributed by atoms with Crippen LogP contribution in [0.2, 0.25) is 0 Å². The van der Waals surface area contributed by atoms with Crippen molar-refractivity contribution in [2.24, 2.45) is 5.41 Å². The van der Waals surface area contributed by atoms with Crippen LogP contribution in [0.25, 0.3) is 10.2 Å². The van der Waals surface area contributed by atoms with E-state index in [0.29, 0.717) is 5.41 Å². The lowest BCUT2D eigenvalue weighted by molar-refractivity contribution is 0.284. The second-order valence-corrected chi connectivity index (χ2v) is 8.57. The Kier molecular flexibility index (Phi) is 3.41. The smallest absolute Gasteiger partial charge is 0.159 e. The number of hydrogen-bond acceptors (Lipinski definition) is 2. The van der Waals surface area contributed by atoms with Gasteiger partial charge in [0.1, 0.15) is 0 Å². The Bertz CT molecular complexity index is 611. The predicted octanol–water partition coefficient (Wildman–Crippen LogP) is 5.67. The lowest BCUT2D eigenvalue weighted by Crippen LogP contribution is -2.24. The molecule has 0 aliphatic rings. The lowest BCUT2D eigenvalue weighted by Gasteiger charge is -2.33. The van der Waals surface area contributed by atoms with E-state index in [1.807, 2.05) is 0 Å². The number of aromatic amines is 1. The van der Waals surface area contributed by atoms with E-state index in [0.717, 1.165) is 10.4 Å². The summed E-state index contributed by atoms with van der Waals surface area (Å²) in [6.45, 7) is 11.5. The fourth-order valence-corrected chi connectivity index (χ4v) is 3.90. The summed E-state index contributed by atoms with van der Waals surface area (Å²) in [5.41, 5.74) is 3.07. The molecule has 0 saturated heterocycles. The van der Waals surface area contributed by atoms with Crippen LogP contribution < -0.4 is 0 Å². The molecule has 0 aliphatic heterocycles. The number of nitrogens with one attached hydrogen (secondary N) is 1. The van der Waals surface area contributed by atoms with Crippen LogP contribution in [0.15, 0.2) is 18.2 Å². The molecule has 0 spiro atoms. The lowest BCUT2D eigenvalue weighted by atomic mass is 9.72. The van der Waals surface area contributed by atoms with Crippen LogP contribution in [-0.4, -0.2) is 4.98 Å². The van der Waals surface area contributed by atoms with Gasteiger partial charge in [-0.05, 0) is 47.2 Å². The van der Waals surface area contributed by atoms with Gasteiger partial charge in [0.2, 0.25) is 0 Å². The second kappa shape index (κ2) is 4.46. The standard InChI is InChI=1S/C15H21NS2/c1-14(2,3)9-15(4,5)10-6-7-12-11(8-10)16-13(17)18-12/h6-8H,9H2,1-5H3,(H,16,17). The fraction of sp³-hybridized carbons (Fsp3) is 0.533. The van der Waals surface area contributed by atoms with Crippen LogP contribution in [0.4, 0.5) is 0 Å². The molecule has 3 heteroatoms. The van der Waals surface area contributed by atoms with E-state index >= 15 is 0 Å². The number of aromatic nitrogens is 1. The molecule has 0 fully saturated rings. The fourth-order valence-electron chi connectivity index (χ4n) is 2.80. The molecule has 0 aliphatic carbocycles. The van der Waals surface area contributed by atoms with Crippen LogP contribution in [0.3, 0.4) is 0 Å². The van der Waals surface area contributed by atoms with Crippen LogP contribution in [-0.2, 0) is 5.41 Å². The summed E-state index contributed by atoms with van der Waals surface area (Å²) >= 11 is 6.84. The maximum atomic E-state index is 5.20. The average molecular weight is 279 g/mol. The number of rotatable bonds is 2. The molecule has 0 bridgehead atoms. The topological polar surface area (TPSA) is 15.8 Å². The Hall–Kier alpha value is -0.670. The van der Waals surface area contributed by atoms with Crippen molar-refractivity contribution in [3.63, 3.8) is 0 Å². The van der Waals surface area contributed by atoms with E-state index in [-0.39, 0.29) is 5.41 Å². The highest BCUT2D eigenvalue weighted by molar-refractivity contribution is 7.73. The summed E-state index contributed by atoms with van der Waals surface area (Å²) < 4.78 is 2.10. The number of benzene rings is 1. The molecule has 0 unspecified atom stereocenters. The first-order valence-electron chi connectivity index (χ1n) is 6.31. The van der Waals surface area contributed by atoms with Crippen molar-refractivity contribution in [3.05, 3.63) is 27.7 Å². The van der Waals surface area contributed by atoms with Gasteiger partial charge in [-0.3, -0.25) is 0 Å². The molecule has 1 heterocycles. The van der Waals surface area contributed by atoms with Gasteiger partial charge in [-0.15, -0.1) is 11.3 Å². The van der Waals surface area contributed by atoms with Crippen LogP contribution >= 0.6 is 23.6 Å². The zero-order valence-electron chi connectivity index (χ0n) is 11.8. The molecule has 1 aromatic carbocycles. The number of fused-ring (bicyclic) bond motifs is 1. The minimum atomic E-state index is 0.184. The Labute approximate surface area is 118 Å². The van der Waals surface area contributed by atoms with Crippen molar-refractivity contribution in [2.75, 3.05) is 0 Å². The molecule has 0 atom stereocenters. The van der Waals surface area contributed by atoms with Crippen LogP contribution in [0, 0.1) is 9.37 Å². The van der Waals surface area contributed by atoms with E-state index in [1.54, 1.807) is 11.3 Å². The third-order valence-corrected chi connectivity index (χ3v) is 4.39. The third kappa shape index (κ3) is 3.01. The third-order valence-electron chi connectivity index (χ3n) is 3.17. The number of thiazole rings is 1. The monoisotopic (exact) mass is 279 g/mol. The normalized spacial score (nSPS) is 13.2. The minimum absolute atomic E-state index is 0.184. The first-order chi connectivity index (χ1) is 8.17. The first-order valence-corrected chi connectivity index (χ1v) is 7.53. The Morgan fingerprint density at radius 2 is 1.83 bits per heavy atom. The number of H-pyrrole nitrogens is 1. The molecule has 0 saturated carbocycles. The Balaban J connectivity index is 2.43. The Morgan fingerprint density at radius 3 is 2.44 bits per heavy atom. The molecule has 18 heavy (non-hydrogen) atoms. The number of hydrogen-bond donors (Lipinski definition) is 1. The van der Waals surface area contributed by atoms with Gasteiger partial charge in [-0.25, -0.2) is 0 Å². The van der Waals surface area contributed by atoms with Crippen molar-refractivity contribution < 1.29 is 0 Å². The highest BCUT2D eigenvalue weighted by Crippen LogP contribution is 2.37. The Morgan fingerprint density at radius 1 is 1.17 bits per heavy atom. The molecular weight excluding hydrogens is 258 g/mol. The largest absolute Gasteiger partial charge is 0.337 e. The van der Waals surface area contributed by atoms with E-state index in [9.17, 15) is 0 Å². The van der Waals surface area contributed by atoms with Crippen molar-refractivity contribution in [1.82, 2.24) is 4.98 Å². The molecule has 1 aromatic heterocycles. The van der Waals surface area contributed by atoms with E-state index in [1.165, 1.54) is 15.8 Å². The maximum absolute atomic E-state index is 5.20. The van der Waals surface area contributed by atoms with E-state index in [4.69, 9.17) is 12.2 Å². The molecular formula is C15H21NS2. The van der Waals surface area contributed by atoms with E-state index < -0.39 is 0 Å². The van der Waals surface area contributed by atoms with Gasteiger partial charge < -0.3 is 4.98 Å². The van der Waals surface area contributed by atoms with Gasteiger partial charge in [-0.1, -0.05) is 40.7 Å². The molecule has 1 N–H and O–H groups in total. The summed E-state index contributed by atoms with van der Waals surface area (Å²) in [4.78, 5) is 3.27. The SMILES string of the molecule is CC(C)(C)CC(C)(C)c1ccc2sc(=S)[nH]c2c1. The summed E-state index contributed by atoms with van der Waals surface area (Å²) in [7, 11) is 0. The average Bonchev–Trinajstić information content (AvgIpc) is 2.52. The zero-order valence-corrected chi connectivity index (χ0v) is 13.4. The first kappa shape index (κ1) is 13.8. The molecule has 0 amide bonds. The summed E-state index contributed by atoms with van der Waals surface area (Å²) in [5.74, 6) is 0. The van der Waals surface area contributed by atoms with Gasteiger partial charge >= 0.3 is 0 Å². The van der Waals surface area contributed by atoms with Crippen molar-refractivity contribution in [3.8, 4) is 0 Å². The van der Waals surface area contributed by atoms with Crippen molar-refractivity contribution in [1.29, 1.82) is 0 Å². The highest BCUT2D eigenvalue weighted by Gasteiger charge is 2.27. The minimum Gasteiger partial charge on any atom is -0.337 e. The summed E-state index contributed by atoms with van der Waals surface area (Å²) in [6.07, 6.45) is 1.16. The summed E-state index contributed by atoms with van der Waals surface area (Å²) in [5, 5.41) is 0. The van der Waals surface area contributed by atoms with Gasteiger partial charge in [0.25, 0.3) is 0 Å². The quantitative estimate of drug-likeness (QED) is 0.700. The molecule has 98 valence electrons. The van der Waals surface area contributed by atoms with Gasteiger partial charge in [0, 0.05) is 0 Å². The molecule has 2 aromatic rings. The van der Waals surface area contributed by atoms with Crippen LogP contribution in [0.5, 0.6) is 0 Å². The second-order valence-electron chi connectivity index (χ2n) is 6.85. The maximum Gasteiger partial charge on any atom is 0.159 e.